The van der Waals surface area contributed by atoms with Crippen LogP contribution >= 0.6 is 24.0 Å². The summed E-state index contributed by atoms with van der Waals surface area (Å²) in [5, 5.41) is 26.1. The van der Waals surface area contributed by atoms with Gasteiger partial charge in [-0.2, -0.15) is 0 Å². The molecule has 32 heavy (non-hydrogen) atoms. The molecule has 1 aromatic carbocycles. The Labute approximate surface area is 211 Å². The Morgan fingerprint density at radius 3 is 2.34 bits per heavy atom. The maximum Gasteiger partial charge on any atom is 0.191 e. The number of guanidine groups is 1. The fourth-order valence-electron chi connectivity index (χ4n) is 4.92. The van der Waals surface area contributed by atoms with Gasteiger partial charge in [-0.25, -0.2) is 4.99 Å². The van der Waals surface area contributed by atoms with Crippen LogP contribution in [0.5, 0.6) is 0 Å². The topological polar surface area (TPSA) is 80.1 Å². The van der Waals surface area contributed by atoms with Crippen molar-refractivity contribution in [3.63, 3.8) is 0 Å². The van der Waals surface area contributed by atoms with Crippen molar-refractivity contribution in [3.8, 4) is 0 Å². The van der Waals surface area contributed by atoms with E-state index in [1.165, 1.54) is 43.2 Å². The van der Waals surface area contributed by atoms with Gasteiger partial charge in [0, 0.05) is 39.3 Å². The highest BCUT2D eigenvalue weighted by Crippen LogP contribution is 2.38. The molecule has 1 aliphatic heterocycles. The van der Waals surface area contributed by atoms with Crippen molar-refractivity contribution in [2.45, 2.75) is 77.5 Å². The number of halogens is 1. The number of aliphatic hydroxyl groups excluding tert-OH is 2. The van der Waals surface area contributed by atoms with Gasteiger partial charge in [0.05, 0.1) is 12.6 Å². The summed E-state index contributed by atoms with van der Waals surface area (Å²) < 4.78 is 0. The molecule has 1 saturated heterocycles. The quantitative estimate of drug-likeness (QED) is 0.212. The molecular weight excluding hydrogens is 515 g/mol. The van der Waals surface area contributed by atoms with E-state index in [1.54, 1.807) is 0 Å². The zero-order valence-electron chi connectivity index (χ0n) is 19.7. The molecule has 0 spiro atoms. The lowest BCUT2D eigenvalue weighted by Gasteiger charge is -2.37. The summed E-state index contributed by atoms with van der Waals surface area (Å²) in [6, 6.07) is 8.76. The average molecular weight is 559 g/mol. The first-order chi connectivity index (χ1) is 15.1. The van der Waals surface area contributed by atoms with Gasteiger partial charge >= 0.3 is 0 Å². The van der Waals surface area contributed by atoms with Crippen molar-refractivity contribution in [2.24, 2.45) is 10.4 Å². The van der Waals surface area contributed by atoms with Gasteiger partial charge in [-0.15, -0.1) is 24.0 Å². The highest BCUT2D eigenvalue weighted by atomic mass is 127. The van der Waals surface area contributed by atoms with Gasteiger partial charge in [-0.3, -0.25) is 4.90 Å². The van der Waals surface area contributed by atoms with Crippen molar-refractivity contribution in [1.29, 1.82) is 0 Å². The SMILES string of the molecule is CCNC(=NCc1ccc(CN2CCC(O)CC2)cc1)NCC1(CCO)CCCCC1.I. The first-order valence-corrected chi connectivity index (χ1v) is 12.2. The minimum absolute atomic E-state index is 0. The Morgan fingerprint density at radius 2 is 1.72 bits per heavy atom. The van der Waals surface area contributed by atoms with Crippen LogP contribution in [-0.4, -0.2) is 60.0 Å². The van der Waals surface area contributed by atoms with Crippen LogP contribution in [0.2, 0.25) is 0 Å². The molecule has 2 aliphatic rings. The zero-order valence-corrected chi connectivity index (χ0v) is 22.0. The maximum atomic E-state index is 9.66. The summed E-state index contributed by atoms with van der Waals surface area (Å²) in [7, 11) is 0. The predicted molar refractivity (Wildman–Crippen MR) is 142 cm³/mol. The second-order valence-electron chi connectivity index (χ2n) is 9.41. The smallest absolute Gasteiger partial charge is 0.191 e. The first kappa shape index (κ1) is 27.3. The highest BCUT2D eigenvalue weighted by molar-refractivity contribution is 14.0. The predicted octanol–water partition coefficient (Wildman–Crippen LogP) is 3.65. The number of piperidine rings is 1. The Balaban J connectivity index is 0.00000363. The Hall–Kier alpha value is -0.900. The third-order valence-electron chi connectivity index (χ3n) is 6.94. The van der Waals surface area contributed by atoms with Crippen molar-refractivity contribution in [2.75, 3.05) is 32.8 Å². The van der Waals surface area contributed by atoms with Crippen molar-refractivity contribution >= 4 is 29.9 Å². The number of rotatable bonds is 9. The van der Waals surface area contributed by atoms with E-state index in [-0.39, 0.29) is 42.1 Å². The van der Waals surface area contributed by atoms with Crippen molar-refractivity contribution in [1.82, 2.24) is 15.5 Å². The standard InChI is InChI=1S/C25H42N4O2.HI/c1-2-26-24(28-20-25(14-17-30)12-4-3-5-13-25)27-18-21-6-8-22(9-7-21)19-29-15-10-23(31)11-16-29;/h6-9,23,30-31H,2-5,10-20H2,1H3,(H2,26,27,28);1H. The number of likely N-dealkylation sites (tertiary alicyclic amines) is 1. The Kier molecular flexibility index (Phi) is 12.3. The van der Waals surface area contributed by atoms with Gasteiger partial charge in [-0.05, 0) is 55.6 Å². The molecule has 0 radical (unpaired) electrons. The van der Waals surface area contributed by atoms with E-state index < -0.39 is 0 Å². The van der Waals surface area contributed by atoms with Crippen LogP contribution in [0.1, 0.15) is 69.4 Å². The van der Waals surface area contributed by atoms with Crippen LogP contribution in [0.3, 0.4) is 0 Å². The van der Waals surface area contributed by atoms with Gasteiger partial charge in [0.1, 0.15) is 0 Å². The minimum Gasteiger partial charge on any atom is -0.396 e. The van der Waals surface area contributed by atoms with Crippen LogP contribution in [0.4, 0.5) is 0 Å². The molecule has 1 heterocycles. The van der Waals surface area contributed by atoms with Crippen LogP contribution in [0.25, 0.3) is 0 Å². The molecule has 0 amide bonds. The van der Waals surface area contributed by atoms with Crippen LogP contribution in [0.15, 0.2) is 29.3 Å². The summed E-state index contributed by atoms with van der Waals surface area (Å²) in [6.07, 6.45) is 8.74. The molecule has 1 saturated carbocycles. The second kappa shape index (κ2) is 14.4. The second-order valence-corrected chi connectivity index (χ2v) is 9.41. The summed E-state index contributed by atoms with van der Waals surface area (Å²) in [4.78, 5) is 7.22. The molecule has 1 aromatic rings. The lowest BCUT2D eigenvalue weighted by Crippen LogP contribution is -2.44. The van der Waals surface area contributed by atoms with Gasteiger partial charge in [0.15, 0.2) is 5.96 Å². The zero-order chi connectivity index (χ0) is 21.9. The minimum atomic E-state index is -0.118. The average Bonchev–Trinajstić information content (AvgIpc) is 2.79. The van der Waals surface area contributed by atoms with Gasteiger partial charge in [0.25, 0.3) is 0 Å². The van der Waals surface area contributed by atoms with Crippen LogP contribution in [-0.2, 0) is 13.1 Å². The number of hydrogen-bond donors (Lipinski definition) is 4. The van der Waals surface area contributed by atoms with E-state index in [0.717, 1.165) is 57.9 Å². The molecule has 7 heteroatoms. The van der Waals surface area contributed by atoms with E-state index in [4.69, 9.17) is 4.99 Å². The normalized spacial score (nSPS) is 19.9. The van der Waals surface area contributed by atoms with E-state index in [2.05, 4.69) is 46.7 Å². The number of nitrogens with one attached hydrogen (secondary N) is 2. The monoisotopic (exact) mass is 558 g/mol. The number of nitrogens with zero attached hydrogens (tertiary/aromatic N) is 2. The Morgan fingerprint density at radius 1 is 1.06 bits per heavy atom. The molecule has 4 N–H and O–H groups in total. The Bertz CT molecular complexity index is 664. The summed E-state index contributed by atoms with van der Waals surface area (Å²) >= 11 is 0. The third kappa shape index (κ3) is 8.80. The molecule has 0 bridgehead atoms. The molecular formula is C25H43IN4O2. The molecule has 1 aliphatic carbocycles. The van der Waals surface area contributed by atoms with Gasteiger partial charge < -0.3 is 20.8 Å². The number of aliphatic imine (C=N–C) groups is 1. The van der Waals surface area contributed by atoms with Crippen molar-refractivity contribution in [3.05, 3.63) is 35.4 Å². The molecule has 3 rings (SSSR count). The molecule has 0 unspecified atom stereocenters. The molecule has 6 nitrogen and oxygen atoms in total. The lowest BCUT2D eigenvalue weighted by molar-refractivity contribution is 0.0792. The number of benzene rings is 1. The third-order valence-corrected chi connectivity index (χ3v) is 6.94. The highest BCUT2D eigenvalue weighted by Gasteiger charge is 2.31. The maximum absolute atomic E-state index is 9.66. The number of hydrogen-bond acceptors (Lipinski definition) is 4. The fourth-order valence-corrected chi connectivity index (χ4v) is 4.92. The first-order valence-electron chi connectivity index (χ1n) is 12.2. The van der Waals surface area contributed by atoms with Crippen molar-refractivity contribution < 1.29 is 10.2 Å². The van der Waals surface area contributed by atoms with Crippen LogP contribution in [0, 0.1) is 5.41 Å². The molecule has 2 fully saturated rings. The number of aliphatic hydroxyl groups is 2. The van der Waals surface area contributed by atoms with Gasteiger partial charge in [-0.1, -0.05) is 43.5 Å². The lowest BCUT2D eigenvalue weighted by atomic mass is 9.72. The van der Waals surface area contributed by atoms with Gasteiger partial charge in [0.2, 0.25) is 0 Å². The largest absolute Gasteiger partial charge is 0.396 e. The van der Waals surface area contributed by atoms with E-state index >= 15 is 0 Å². The molecule has 0 aromatic heterocycles. The van der Waals surface area contributed by atoms with E-state index in [1.807, 2.05) is 0 Å². The molecule has 182 valence electrons. The summed E-state index contributed by atoms with van der Waals surface area (Å²) in [6.45, 7) is 7.62. The fraction of sp³-hybridized carbons (Fsp3) is 0.720. The molecule has 0 atom stereocenters. The van der Waals surface area contributed by atoms with E-state index in [0.29, 0.717) is 6.54 Å². The van der Waals surface area contributed by atoms with E-state index in [9.17, 15) is 10.2 Å². The summed E-state index contributed by atoms with van der Waals surface area (Å²) in [5.41, 5.74) is 2.73. The van der Waals surface area contributed by atoms with Crippen LogP contribution < -0.4 is 10.6 Å². The summed E-state index contributed by atoms with van der Waals surface area (Å²) in [5.74, 6) is 0.862.